The normalized spacial score (nSPS) is 12.2. The van der Waals surface area contributed by atoms with Gasteiger partial charge in [0.1, 0.15) is 11.5 Å². The van der Waals surface area contributed by atoms with Gasteiger partial charge in [0.25, 0.3) is 11.8 Å². The van der Waals surface area contributed by atoms with Gasteiger partial charge in [0.15, 0.2) is 0 Å². The number of nitrogens with one attached hydrogen (secondary N) is 2. The van der Waals surface area contributed by atoms with Crippen molar-refractivity contribution in [2.24, 2.45) is 0 Å². The molecule has 0 aliphatic carbocycles. The molecule has 2 N–H and O–H groups in total. The molecular formula is C23H21N3O3. The zero-order valence-electron chi connectivity index (χ0n) is 16.2. The Kier molecular flexibility index (Phi) is 4.91. The fraction of sp³-hybridized carbons (Fsp3) is 0.130. The molecule has 6 nitrogen and oxygen atoms in total. The fourth-order valence-corrected chi connectivity index (χ4v) is 3.38. The van der Waals surface area contributed by atoms with Crippen LogP contribution in [0.5, 0.6) is 11.5 Å². The second-order valence-corrected chi connectivity index (χ2v) is 7.00. The Bertz CT molecular complexity index is 1030. The summed E-state index contributed by atoms with van der Waals surface area (Å²) in [5.74, 6) is -0.0155. The molecule has 4 rings (SSSR count). The van der Waals surface area contributed by atoms with E-state index in [1.807, 2.05) is 73.6 Å². The van der Waals surface area contributed by atoms with Crippen LogP contribution in [0.15, 0.2) is 72.8 Å². The molecule has 0 saturated carbocycles. The Morgan fingerprint density at radius 1 is 0.828 bits per heavy atom. The van der Waals surface area contributed by atoms with Crippen molar-refractivity contribution in [2.45, 2.75) is 5.92 Å². The van der Waals surface area contributed by atoms with Crippen LogP contribution in [0.2, 0.25) is 0 Å². The molecule has 6 heteroatoms. The number of carbonyl (C=O) groups is 2. The van der Waals surface area contributed by atoms with Gasteiger partial charge >= 0.3 is 0 Å². The van der Waals surface area contributed by atoms with Crippen molar-refractivity contribution < 1.29 is 14.3 Å². The largest absolute Gasteiger partial charge is 0.457 e. The van der Waals surface area contributed by atoms with Crippen LogP contribution in [0.25, 0.3) is 0 Å². The smallest absolute Gasteiger partial charge is 0.269 e. The van der Waals surface area contributed by atoms with Crippen LogP contribution in [-0.2, 0) is 4.79 Å². The third-order valence-electron chi connectivity index (χ3n) is 4.87. The van der Waals surface area contributed by atoms with Gasteiger partial charge in [-0.25, -0.2) is 0 Å². The Balaban J connectivity index is 1.55. The van der Waals surface area contributed by atoms with Crippen molar-refractivity contribution in [1.29, 1.82) is 0 Å². The fourth-order valence-electron chi connectivity index (χ4n) is 3.38. The minimum atomic E-state index is -0.579. The number of para-hydroxylation sites is 2. The van der Waals surface area contributed by atoms with Crippen LogP contribution >= 0.6 is 0 Å². The lowest BCUT2D eigenvalue weighted by Gasteiger charge is -2.27. The Morgan fingerprint density at radius 3 is 2.07 bits per heavy atom. The summed E-state index contributed by atoms with van der Waals surface area (Å²) in [5.41, 5.74) is 7.98. The van der Waals surface area contributed by atoms with Crippen LogP contribution < -0.4 is 20.5 Å². The molecule has 0 atom stereocenters. The summed E-state index contributed by atoms with van der Waals surface area (Å²) >= 11 is 0. The third kappa shape index (κ3) is 3.65. The van der Waals surface area contributed by atoms with Crippen LogP contribution in [0, 0.1) is 0 Å². The molecule has 1 aliphatic rings. The summed E-state index contributed by atoms with van der Waals surface area (Å²) in [6.07, 6.45) is 0. The van der Waals surface area contributed by atoms with E-state index < -0.39 is 5.92 Å². The number of fused-ring (bicyclic) bond motifs is 2. The maximum Gasteiger partial charge on any atom is 0.269 e. The molecule has 0 bridgehead atoms. The molecule has 146 valence electrons. The SMILES string of the molecule is CN(C)c1cccc(C(=O)NNC(=O)C2c3ccccc3Oc3ccccc32)c1. The predicted octanol–water partition coefficient (Wildman–Crippen LogP) is 3.45. The number of hydrazine groups is 1. The highest BCUT2D eigenvalue weighted by atomic mass is 16.5. The van der Waals surface area contributed by atoms with E-state index in [2.05, 4.69) is 10.9 Å². The van der Waals surface area contributed by atoms with E-state index >= 15 is 0 Å². The number of rotatable bonds is 3. The summed E-state index contributed by atoms with van der Waals surface area (Å²) in [5, 5.41) is 0. The number of nitrogens with zero attached hydrogens (tertiary/aromatic N) is 1. The average Bonchev–Trinajstić information content (AvgIpc) is 2.75. The summed E-state index contributed by atoms with van der Waals surface area (Å²) < 4.78 is 5.92. The summed E-state index contributed by atoms with van der Waals surface area (Å²) in [7, 11) is 3.80. The van der Waals surface area contributed by atoms with Gasteiger partial charge in [0.05, 0.1) is 5.92 Å². The molecule has 3 aromatic carbocycles. The van der Waals surface area contributed by atoms with E-state index in [1.54, 1.807) is 18.2 Å². The summed E-state index contributed by atoms with van der Waals surface area (Å²) in [6, 6.07) is 22.0. The maximum atomic E-state index is 13.0. The molecule has 1 aliphatic heterocycles. The highest BCUT2D eigenvalue weighted by Crippen LogP contribution is 2.43. The minimum Gasteiger partial charge on any atom is -0.457 e. The number of carbonyl (C=O) groups excluding carboxylic acids is 2. The lowest BCUT2D eigenvalue weighted by Crippen LogP contribution is -2.44. The highest BCUT2D eigenvalue weighted by molar-refractivity contribution is 5.97. The molecule has 3 aromatic rings. The maximum absolute atomic E-state index is 13.0. The molecule has 29 heavy (non-hydrogen) atoms. The van der Waals surface area contributed by atoms with Crippen molar-refractivity contribution in [2.75, 3.05) is 19.0 Å². The van der Waals surface area contributed by atoms with E-state index in [1.165, 1.54) is 0 Å². The van der Waals surface area contributed by atoms with Crippen molar-refractivity contribution >= 4 is 17.5 Å². The number of anilines is 1. The van der Waals surface area contributed by atoms with Crippen LogP contribution in [0.1, 0.15) is 27.4 Å². The zero-order valence-corrected chi connectivity index (χ0v) is 16.2. The van der Waals surface area contributed by atoms with E-state index in [9.17, 15) is 9.59 Å². The third-order valence-corrected chi connectivity index (χ3v) is 4.87. The Morgan fingerprint density at radius 2 is 1.45 bits per heavy atom. The van der Waals surface area contributed by atoms with Gasteiger partial charge in [-0.05, 0) is 30.3 Å². The number of hydrogen-bond acceptors (Lipinski definition) is 4. The van der Waals surface area contributed by atoms with Gasteiger partial charge in [-0.1, -0.05) is 42.5 Å². The van der Waals surface area contributed by atoms with E-state index in [0.29, 0.717) is 17.1 Å². The van der Waals surface area contributed by atoms with E-state index in [0.717, 1.165) is 16.8 Å². The van der Waals surface area contributed by atoms with Gasteiger partial charge < -0.3 is 9.64 Å². The molecule has 0 spiro atoms. The molecule has 0 saturated heterocycles. The van der Waals surface area contributed by atoms with Crippen molar-refractivity contribution in [3.63, 3.8) is 0 Å². The number of benzene rings is 3. The Labute approximate surface area is 169 Å². The van der Waals surface area contributed by atoms with Gasteiger partial charge in [-0.2, -0.15) is 0 Å². The number of ether oxygens (including phenoxy) is 1. The number of hydrogen-bond donors (Lipinski definition) is 2. The summed E-state index contributed by atoms with van der Waals surface area (Å²) in [6.45, 7) is 0. The molecule has 1 heterocycles. The second kappa shape index (κ2) is 7.67. The zero-order chi connectivity index (χ0) is 20.4. The van der Waals surface area contributed by atoms with Crippen LogP contribution in [0.3, 0.4) is 0 Å². The first-order valence-corrected chi connectivity index (χ1v) is 9.28. The van der Waals surface area contributed by atoms with Gasteiger partial charge in [0.2, 0.25) is 0 Å². The summed E-state index contributed by atoms with van der Waals surface area (Å²) in [4.78, 5) is 27.5. The van der Waals surface area contributed by atoms with Gasteiger partial charge in [-0.3, -0.25) is 20.4 Å². The van der Waals surface area contributed by atoms with Gasteiger partial charge in [-0.15, -0.1) is 0 Å². The van der Waals surface area contributed by atoms with Crippen molar-refractivity contribution in [3.05, 3.63) is 89.5 Å². The average molecular weight is 387 g/mol. The first-order chi connectivity index (χ1) is 14.0. The minimum absolute atomic E-state index is 0.328. The van der Waals surface area contributed by atoms with Crippen LogP contribution in [-0.4, -0.2) is 25.9 Å². The Hall–Kier alpha value is -3.80. The van der Waals surface area contributed by atoms with E-state index in [4.69, 9.17) is 4.74 Å². The first kappa shape index (κ1) is 18.6. The standard InChI is InChI=1S/C23H21N3O3/c1-26(2)16-9-7-8-15(14-16)22(27)24-25-23(28)21-17-10-3-5-12-19(17)29-20-13-6-4-11-18(20)21/h3-14,21H,1-2H3,(H,24,27)(H,25,28). The molecular weight excluding hydrogens is 366 g/mol. The quantitative estimate of drug-likeness (QED) is 0.676. The molecule has 0 fully saturated rings. The van der Waals surface area contributed by atoms with Crippen molar-refractivity contribution in [3.8, 4) is 11.5 Å². The number of amides is 2. The molecule has 0 aromatic heterocycles. The lowest BCUT2D eigenvalue weighted by atomic mass is 9.87. The monoisotopic (exact) mass is 387 g/mol. The van der Waals surface area contributed by atoms with Crippen LogP contribution in [0.4, 0.5) is 5.69 Å². The van der Waals surface area contributed by atoms with E-state index in [-0.39, 0.29) is 11.8 Å². The van der Waals surface area contributed by atoms with Crippen molar-refractivity contribution in [1.82, 2.24) is 10.9 Å². The molecule has 2 amide bonds. The predicted molar refractivity (Wildman–Crippen MR) is 111 cm³/mol. The lowest BCUT2D eigenvalue weighted by molar-refractivity contribution is -0.122. The first-order valence-electron chi connectivity index (χ1n) is 9.28. The molecule has 0 radical (unpaired) electrons. The second-order valence-electron chi connectivity index (χ2n) is 7.00. The van der Waals surface area contributed by atoms with Gasteiger partial charge in [0, 0.05) is 36.5 Å². The topological polar surface area (TPSA) is 70.7 Å². The highest BCUT2D eigenvalue weighted by Gasteiger charge is 2.32. The molecule has 0 unspecified atom stereocenters.